The molecule has 1 amide bonds. The van der Waals surface area contributed by atoms with Crippen molar-refractivity contribution >= 4 is 34.7 Å². The Morgan fingerprint density at radius 2 is 2.00 bits per heavy atom. The Morgan fingerprint density at radius 3 is 2.50 bits per heavy atom. The van der Waals surface area contributed by atoms with Crippen LogP contribution in [0.25, 0.3) is 0 Å². The first-order valence-corrected chi connectivity index (χ1v) is 5.54. The Labute approximate surface area is 105 Å². The lowest BCUT2D eigenvalue weighted by atomic mass is 10.1. The SMILES string of the molecule is CN(CC(N)=S)C(=O)Cc1ccc(Cl)cc1. The molecule has 0 saturated carbocycles. The molecule has 16 heavy (non-hydrogen) atoms. The average Bonchev–Trinajstić information content (AvgIpc) is 2.20. The molecule has 1 aromatic rings. The zero-order valence-electron chi connectivity index (χ0n) is 8.94. The summed E-state index contributed by atoms with van der Waals surface area (Å²) in [4.78, 5) is 13.5. The first-order chi connectivity index (χ1) is 7.49. The van der Waals surface area contributed by atoms with Crippen molar-refractivity contribution in [2.45, 2.75) is 6.42 Å². The summed E-state index contributed by atoms with van der Waals surface area (Å²) in [5, 5.41) is 0.660. The van der Waals surface area contributed by atoms with Crippen LogP contribution < -0.4 is 5.73 Å². The molecule has 1 rings (SSSR count). The van der Waals surface area contributed by atoms with Gasteiger partial charge in [-0.1, -0.05) is 36.0 Å². The second-order valence-corrected chi connectivity index (χ2v) is 4.48. The van der Waals surface area contributed by atoms with Crippen molar-refractivity contribution in [3.8, 4) is 0 Å². The van der Waals surface area contributed by atoms with Gasteiger partial charge in [-0.05, 0) is 17.7 Å². The molecule has 1 aromatic carbocycles. The smallest absolute Gasteiger partial charge is 0.227 e. The number of likely N-dealkylation sites (N-methyl/N-ethyl adjacent to an activating group) is 1. The van der Waals surface area contributed by atoms with Crippen LogP contribution >= 0.6 is 23.8 Å². The Morgan fingerprint density at radius 1 is 1.44 bits per heavy atom. The highest BCUT2D eigenvalue weighted by Gasteiger charge is 2.09. The summed E-state index contributed by atoms with van der Waals surface area (Å²) in [6.45, 7) is 0.307. The highest BCUT2D eigenvalue weighted by Crippen LogP contribution is 2.10. The molecule has 5 heteroatoms. The number of nitrogens with zero attached hydrogens (tertiary/aromatic N) is 1. The van der Waals surface area contributed by atoms with Crippen LogP contribution in [0.3, 0.4) is 0 Å². The maximum absolute atomic E-state index is 11.7. The standard InChI is InChI=1S/C11H13ClN2OS/c1-14(7-10(13)16)11(15)6-8-2-4-9(12)5-3-8/h2-5H,6-7H2,1H3,(H2,13,16). The fraction of sp³-hybridized carbons (Fsp3) is 0.273. The van der Waals surface area contributed by atoms with Gasteiger partial charge in [-0.25, -0.2) is 0 Å². The second-order valence-electron chi connectivity index (χ2n) is 3.52. The molecular weight excluding hydrogens is 244 g/mol. The zero-order valence-corrected chi connectivity index (χ0v) is 10.5. The number of carbonyl (C=O) groups is 1. The van der Waals surface area contributed by atoms with Crippen LogP contribution in [0.4, 0.5) is 0 Å². The third kappa shape index (κ3) is 4.16. The first kappa shape index (κ1) is 12.9. The van der Waals surface area contributed by atoms with E-state index in [1.165, 1.54) is 4.90 Å². The molecule has 0 bridgehead atoms. The lowest BCUT2D eigenvalue weighted by molar-refractivity contribution is -0.128. The molecule has 0 radical (unpaired) electrons. The Balaban J connectivity index is 2.57. The summed E-state index contributed by atoms with van der Waals surface area (Å²) >= 11 is 10.5. The van der Waals surface area contributed by atoms with E-state index in [2.05, 4.69) is 0 Å². The molecule has 0 aliphatic heterocycles. The zero-order chi connectivity index (χ0) is 12.1. The summed E-state index contributed by atoms with van der Waals surface area (Å²) < 4.78 is 0. The first-order valence-electron chi connectivity index (χ1n) is 4.75. The lowest BCUT2D eigenvalue weighted by Gasteiger charge is -2.16. The number of halogens is 1. The summed E-state index contributed by atoms with van der Waals surface area (Å²) in [5.41, 5.74) is 6.29. The third-order valence-corrected chi connectivity index (χ3v) is 2.47. The minimum absolute atomic E-state index is 0.0184. The third-order valence-electron chi connectivity index (χ3n) is 2.09. The van der Waals surface area contributed by atoms with E-state index in [0.717, 1.165) is 5.56 Å². The van der Waals surface area contributed by atoms with Crippen molar-refractivity contribution in [1.82, 2.24) is 4.90 Å². The van der Waals surface area contributed by atoms with Gasteiger partial charge in [0, 0.05) is 12.1 Å². The van der Waals surface area contributed by atoms with Crippen molar-refractivity contribution in [3.63, 3.8) is 0 Å². The van der Waals surface area contributed by atoms with Crippen LogP contribution in [0.1, 0.15) is 5.56 Å². The van der Waals surface area contributed by atoms with Gasteiger partial charge in [0.2, 0.25) is 5.91 Å². The van der Waals surface area contributed by atoms with Crippen LogP contribution in [0.15, 0.2) is 24.3 Å². The number of amides is 1. The average molecular weight is 257 g/mol. The number of hydrogen-bond acceptors (Lipinski definition) is 2. The van der Waals surface area contributed by atoms with Gasteiger partial charge in [-0.3, -0.25) is 4.79 Å². The molecular formula is C11H13ClN2OS. The molecule has 0 fully saturated rings. The summed E-state index contributed by atoms with van der Waals surface area (Å²) in [5.74, 6) is -0.0184. The molecule has 0 spiro atoms. The maximum Gasteiger partial charge on any atom is 0.227 e. The van der Waals surface area contributed by atoms with E-state index in [1.54, 1.807) is 19.2 Å². The van der Waals surface area contributed by atoms with Crippen molar-refractivity contribution in [3.05, 3.63) is 34.9 Å². The van der Waals surface area contributed by atoms with Crippen LogP contribution in [0, 0.1) is 0 Å². The molecule has 0 aromatic heterocycles. The molecule has 0 saturated heterocycles. The van der Waals surface area contributed by atoms with Crippen molar-refractivity contribution < 1.29 is 4.79 Å². The van der Waals surface area contributed by atoms with E-state index in [1.807, 2.05) is 12.1 Å². The number of rotatable bonds is 4. The minimum Gasteiger partial charge on any atom is -0.392 e. The molecule has 0 heterocycles. The Hall–Kier alpha value is -1.13. The van der Waals surface area contributed by atoms with Gasteiger partial charge in [0.1, 0.15) is 0 Å². The van der Waals surface area contributed by atoms with Crippen LogP contribution in [0.5, 0.6) is 0 Å². The fourth-order valence-electron chi connectivity index (χ4n) is 1.23. The van der Waals surface area contributed by atoms with E-state index >= 15 is 0 Å². The van der Waals surface area contributed by atoms with Crippen LogP contribution in [-0.2, 0) is 11.2 Å². The molecule has 2 N–H and O–H groups in total. The topological polar surface area (TPSA) is 46.3 Å². The van der Waals surface area contributed by atoms with Gasteiger partial charge in [-0.15, -0.1) is 0 Å². The van der Waals surface area contributed by atoms with Gasteiger partial charge in [0.15, 0.2) is 0 Å². The Kier molecular flexibility index (Phi) is 4.71. The van der Waals surface area contributed by atoms with Gasteiger partial charge >= 0.3 is 0 Å². The molecule has 86 valence electrons. The van der Waals surface area contributed by atoms with Gasteiger partial charge in [0.05, 0.1) is 18.0 Å². The number of hydrogen-bond donors (Lipinski definition) is 1. The summed E-state index contributed by atoms with van der Waals surface area (Å²) in [6.07, 6.45) is 0.330. The van der Waals surface area contributed by atoms with E-state index in [-0.39, 0.29) is 5.91 Å². The fourth-order valence-corrected chi connectivity index (χ4v) is 1.55. The summed E-state index contributed by atoms with van der Waals surface area (Å²) in [7, 11) is 1.68. The van der Waals surface area contributed by atoms with Gasteiger partial charge in [-0.2, -0.15) is 0 Å². The maximum atomic E-state index is 11.7. The normalized spacial score (nSPS) is 9.88. The van der Waals surface area contributed by atoms with Crippen molar-refractivity contribution in [1.29, 1.82) is 0 Å². The predicted molar refractivity (Wildman–Crippen MR) is 69.6 cm³/mol. The van der Waals surface area contributed by atoms with Crippen molar-refractivity contribution in [2.24, 2.45) is 5.73 Å². The van der Waals surface area contributed by atoms with Gasteiger partial charge < -0.3 is 10.6 Å². The van der Waals surface area contributed by atoms with E-state index in [0.29, 0.717) is 23.0 Å². The largest absolute Gasteiger partial charge is 0.392 e. The lowest BCUT2D eigenvalue weighted by Crippen LogP contribution is -2.35. The molecule has 3 nitrogen and oxygen atoms in total. The predicted octanol–water partition coefficient (Wildman–Crippen LogP) is 1.63. The molecule has 0 atom stereocenters. The monoisotopic (exact) mass is 256 g/mol. The van der Waals surface area contributed by atoms with Crippen molar-refractivity contribution in [2.75, 3.05) is 13.6 Å². The highest BCUT2D eigenvalue weighted by molar-refractivity contribution is 7.80. The van der Waals surface area contributed by atoms with Gasteiger partial charge in [0.25, 0.3) is 0 Å². The number of benzene rings is 1. The van der Waals surface area contributed by atoms with Crippen LogP contribution in [0.2, 0.25) is 5.02 Å². The van der Waals surface area contributed by atoms with Crippen LogP contribution in [-0.4, -0.2) is 29.4 Å². The van der Waals surface area contributed by atoms with E-state index in [9.17, 15) is 4.79 Å². The van der Waals surface area contributed by atoms with E-state index < -0.39 is 0 Å². The number of carbonyl (C=O) groups excluding carboxylic acids is 1. The minimum atomic E-state index is -0.0184. The highest BCUT2D eigenvalue weighted by atomic mass is 35.5. The quantitative estimate of drug-likeness (QED) is 0.833. The number of thiocarbonyl (C=S) groups is 1. The summed E-state index contributed by atoms with van der Waals surface area (Å²) in [6, 6.07) is 7.18. The Bertz CT molecular complexity index is 391. The van der Waals surface area contributed by atoms with E-state index in [4.69, 9.17) is 29.6 Å². The molecule has 0 unspecified atom stereocenters. The second kappa shape index (κ2) is 5.82. The molecule has 0 aliphatic rings. The molecule has 0 aliphatic carbocycles. The number of nitrogens with two attached hydrogens (primary N) is 1.